The molecule has 0 bridgehead atoms. The van der Waals surface area contributed by atoms with Crippen molar-refractivity contribution in [2.24, 2.45) is 5.92 Å². The van der Waals surface area contributed by atoms with E-state index in [2.05, 4.69) is 21.2 Å². The summed E-state index contributed by atoms with van der Waals surface area (Å²) in [5.74, 6) is 1.09. The summed E-state index contributed by atoms with van der Waals surface area (Å²) in [4.78, 5) is 0. The van der Waals surface area contributed by atoms with E-state index in [1.165, 1.54) is 0 Å². The Bertz CT molecular complexity index is 417. The summed E-state index contributed by atoms with van der Waals surface area (Å²) < 4.78 is 6.42. The minimum atomic E-state index is -0.445. The number of piperidine rings is 1. The molecule has 4 heteroatoms. The highest BCUT2D eigenvalue weighted by Gasteiger charge is 2.25. The predicted molar refractivity (Wildman–Crippen MR) is 76.0 cm³/mol. The standard InChI is InChI=1S/C14H20BrNO2/c1-9-7-13(18-2)11(8-12(9)15)14(17)10-3-5-16-6-4-10/h7-8,10,14,16-17H,3-6H2,1-2H3. The van der Waals surface area contributed by atoms with Gasteiger partial charge in [0.25, 0.3) is 0 Å². The Hall–Kier alpha value is -0.580. The Morgan fingerprint density at radius 3 is 2.67 bits per heavy atom. The first-order valence-electron chi connectivity index (χ1n) is 6.36. The third-order valence-corrected chi connectivity index (χ3v) is 4.51. The van der Waals surface area contributed by atoms with Crippen molar-refractivity contribution >= 4 is 15.9 Å². The molecule has 3 nitrogen and oxygen atoms in total. The number of aryl methyl sites for hydroxylation is 1. The lowest BCUT2D eigenvalue weighted by Gasteiger charge is -2.28. The summed E-state index contributed by atoms with van der Waals surface area (Å²) in [7, 11) is 1.65. The molecule has 0 aromatic heterocycles. The molecular weight excluding hydrogens is 294 g/mol. The molecule has 1 aromatic carbocycles. The topological polar surface area (TPSA) is 41.5 Å². The van der Waals surface area contributed by atoms with Crippen molar-refractivity contribution < 1.29 is 9.84 Å². The molecule has 0 aliphatic carbocycles. The van der Waals surface area contributed by atoms with Gasteiger partial charge in [-0.25, -0.2) is 0 Å². The van der Waals surface area contributed by atoms with Gasteiger partial charge in [-0.2, -0.15) is 0 Å². The van der Waals surface area contributed by atoms with Crippen LogP contribution < -0.4 is 10.1 Å². The van der Waals surface area contributed by atoms with Crippen molar-refractivity contribution in [1.29, 1.82) is 0 Å². The monoisotopic (exact) mass is 313 g/mol. The molecule has 1 fully saturated rings. The van der Waals surface area contributed by atoms with Crippen molar-refractivity contribution in [2.75, 3.05) is 20.2 Å². The summed E-state index contributed by atoms with van der Waals surface area (Å²) in [5, 5.41) is 13.9. The lowest BCUT2D eigenvalue weighted by Crippen LogP contribution is -2.31. The largest absolute Gasteiger partial charge is 0.496 e. The fraction of sp³-hybridized carbons (Fsp3) is 0.571. The van der Waals surface area contributed by atoms with E-state index >= 15 is 0 Å². The second-order valence-corrected chi connectivity index (χ2v) is 5.73. The number of ether oxygens (including phenoxy) is 1. The van der Waals surface area contributed by atoms with E-state index < -0.39 is 6.10 Å². The van der Waals surface area contributed by atoms with Crippen LogP contribution in [0, 0.1) is 12.8 Å². The van der Waals surface area contributed by atoms with Gasteiger partial charge in [0.15, 0.2) is 0 Å². The van der Waals surface area contributed by atoms with Gasteiger partial charge in [-0.15, -0.1) is 0 Å². The van der Waals surface area contributed by atoms with Gasteiger partial charge in [-0.05, 0) is 56.5 Å². The van der Waals surface area contributed by atoms with Crippen LogP contribution in [0.3, 0.4) is 0 Å². The molecule has 1 atom stereocenters. The van der Waals surface area contributed by atoms with Crippen molar-refractivity contribution in [3.05, 3.63) is 27.7 Å². The lowest BCUT2D eigenvalue weighted by molar-refractivity contribution is 0.0864. The number of rotatable bonds is 3. The van der Waals surface area contributed by atoms with Gasteiger partial charge >= 0.3 is 0 Å². The fourth-order valence-electron chi connectivity index (χ4n) is 2.49. The maximum absolute atomic E-state index is 10.5. The fourth-order valence-corrected chi connectivity index (χ4v) is 2.85. The van der Waals surface area contributed by atoms with Gasteiger partial charge in [-0.1, -0.05) is 15.9 Å². The molecule has 18 heavy (non-hydrogen) atoms. The van der Waals surface area contributed by atoms with E-state index in [1.807, 2.05) is 19.1 Å². The Kier molecular flexibility index (Phi) is 4.65. The van der Waals surface area contributed by atoms with Crippen LogP contribution in [0.15, 0.2) is 16.6 Å². The van der Waals surface area contributed by atoms with E-state index in [4.69, 9.17) is 4.74 Å². The molecule has 0 radical (unpaired) electrons. The van der Waals surface area contributed by atoms with Gasteiger partial charge in [0.2, 0.25) is 0 Å². The van der Waals surface area contributed by atoms with Gasteiger partial charge in [0.1, 0.15) is 5.75 Å². The first-order valence-corrected chi connectivity index (χ1v) is 7.15. The molecule has 100 valence electrons. The molecule has 1 heterocycles. The maximum atomic E-state index is 10.5. The van der Waals surface area contributed by atoms with Crippen LogP contribution >= 0.6 is 15.9 Å². The van der Waals surface area contributed by atoms with E-state index in [1.54, 1.807) is 7.11 Å². The Balaban J connectivity index is 2.27. The Labute approximate surface area is 117 Å². The summed E-state index contributed by atoms with van der Waals surface area (Å²) in [5.41, 5.74) is 2.01. The number of hydrogen-bond donors (Lipinski definition) is 2. The zero-order valence-electron chi connectivity index (χ0n) is 10.9. The number of benzene rings is 1. The van der Waals surface area contributed by atoms with E-state index in [0.717, 1.165) is 47.3 Å². The van der Waals surface area contributed by atoms with Gasteiger partial charge in [0.05, 0.1) is 13.2 Å². The highest BCUT2D eigenvalue weighted by Crippen LogP contribution is 2.37. The van der Waals surface area contributed by atoms with Gasteiger partial charge < -0.3 is 15.2 Å². The number of methoxy groups -OCH3 is 1. The average molecular weight is 314 g/mol. The Morgan fingerprint density at radius 1 is 1.39 bits per heavy atom. The molecule has 1 aliphatic rings. The van der Waals surface area contributed by atoms with Crippen LogP contribution in [0.1, 0.15) is 30.1 Å². The SMILES string of the molecule is COc1cc(C)c(Br)cc1C(O)C1CCNCC1. The Morgan fingerprint density at radius 2 is 2.06 bits per heavy atom. The maximum Gasteiger partial charge on any atom is 0.125 e. The third-order valence-electron chi connectivity index (χ3n) is 3.66. The lowest BCUT2D eigenvalue weighted by atomic mass is 9.87. The molecule has 1 unspecified atom stereocenters. The van der Waals surface area contributed by atoms with Crippen molar-refractivity contribution in [2.45, 2.75) is 25.9 Å². The summed E-state index contributed by atoms with van der Waals surface area (Å²) in [6.45, 7) is 3.99. The zero-order chi connectivity index (χ0) is 13.1. The second-order valence-electron chi connectivity index (χ2n) is 4.88. The van der Waals surface area contributed by atoms with Crippen LogP contribution in [-0.4, -0.2) is 25.3 Å². The molecule has 1 aromatic rings. The second kappa shape index (κ2) is 6.04. The summed E-state index contributed by atoms with van der Waals surface area (Å²) >= 11 is 3.52. The number of hydrogen-bond acceptors (Lipinski definition) is 3. The van der Waals surface area contributed by atoms with Crippen LogP contribution in [0.5, 0.6) is 5.75 Å². The van der Waals surface area contributed by atoms with Crippen molar-refractivity contribution in [3.63, 3.8) is 0 Å². The normalized spacial score (nSPS) is 18.7. The molecule has 2 rings (SSSR count). The molecule has 0 amide bonds. The van der Waals surface area contributed by atoms with E-state index in [-0.39, 0.29) is 0 Å². The summed E-state index contributed by atoms with van der Waals surface area (Å²) in [6, 6.07) is 3.96. The number of nitrogens with one attached hydrogen (secondary N) is 1. The molecular formula is C14H20BrNO2. The van der Waals surface area contributed by atoms with E-state index in [9.17, 15) is 5.11 Å². The first-order chi connectivity index (χ1) is 8.63. The summed E-state index contributed by atoms with van der Waals surface area (Å²) in [6.07, 6.45) is 1.57. The first kappa shape index (κ1) is 13.8. The van der Waals surface area contributed by atoms with Crippen LogP contribution in [0.2, 0.25) is 0 Å². The minimum absolute atomic E-state index is 0.315. The van der Waals surface area contributed by atoms with E-state index in [0.29, 0.717) is 5.92 Å². The van der Waals surface area contributed by atoms with Gasteiger partial charge in [-0.3, -0.25) is 0 Å². The zero-order valence-corrected chi connectivity index (χ0v) is 12.5. The quantitative estimate of drug-likeness (QED) is 0.901. The van der Waals surface area contributed by atoms with Crippen molar-refractivity contribution in [3.8, 4) is 5.75 Å². The molecule has 1 aliphatic heterocycles. The smallest absolute Gasteiger partial charge is 0.125 e. The van der Waals surface area contributed by atoms with Crippen LogP contribution in [0.25, 0.3) is 0 Å². The molecule has 1 saturated heterocycles. The number of aliphatic hydroxyl groups is 1. The molecule has 0 saturated carbocycles. The highest BCUT2D eigenvalue weighted by molar-refractivity contribution is 9.10. The molecule has 0 spiro atoms. The van der Waals surface area contributed by atoms with Crippen LogP contribution in [-0.2, 0) is 0 Å². The van der Waals surface area contributed by atoms with Crippen LogP contribution in [0.4, 0.5) is 0 Å². The number of aliphatic hydroxyl groups excluding tert-OH is 1. The highest BCUT2D eigenvalue weighted by atomic mass is 79.9. The average Bonchev–Trinajstić information content (AvgIpc) is 2.41. The minimum Gasteiger partial charge on any atom is -0.496 e. The third kappa shape index (κ3) is 2.87. The van der Waals surface area contributed by atoms with Crippen molar-refractivity contribution in [1.82, 2.24) is 5.32 Å². The predicted octanol–water partition coefficient (Wildman–Crippen LogP) is 2.80. The molecule has 2 N–H and O–H groups in total. The van der Waals surface area contributed by atoms with Gasteiger partial charge in [0, 0.05) is 10.0 Å². The number of halogens is 1.